The number of unbranched alkanes of at least 4 members (excludes halogenated alkanes) is 44. The van der Waals surface area contributed by atoms with Crippen LogP contribution in [0.4, 0.5) is 0 Å². The molecule has 0 spiro atoms. The summed E-state index contributed by atoms with van der Waals surface area (Å²) in [5.74, 6) is 0.953. The predicted octanol–water partition coefficient (Wildman–Crippen LogP) is 24.0. The van der Waals surface area contributed by atoms with Crippen LogP contribution in [-0.2, 0) is 65.4 Å². The van der Waals surface area contributed by atoms with E-state index in [2.05, 4.69) is 55.4 Å². The summed E-state index contributed by atoms with van der Waals surface area (Å²) in [4.78, 5) is 73.0. The Balaban J connectivity index is 5.23. The van der Waals surface area contributed by atoms with E-state index in [4.69, 9.17) is 37.0 Å². The Bertz CT molecular complexity index is 1950. The number of esters is 4. The van der Waals surface area contributed by atoms with Gasteiger partial charge < -0.3 is 33.8 Å². The fraction of sp³-hybridized carbons (Fsp3) is 0.951. The summed E-state index contributed by atoms with van der Waals surface area (Å²) in [5.41, 5.74) is 0. The van der Waals surface area contributed by atoms with Crippen molar-refractivity contribution in [3.8, 4) is 0 Å². The predicted molar refractivity (Wildman–Crippen MR) is 409 cm³/mol. The molecule has 0 aromatic carbocycles. The van der Waals surface area contributed by atoms with Gasteiger partial charge in [0.15, 0.2) is 12.2 Å². The molecule has 0 aliphatic rings. The van der Waals surface area contributed by atoms with Gasteiger partial charge in [0.1, 0.15) is 19.3 Å². The Kier molecular flexibility index (Phi) is 68.7. The van der Waals surface area contributed by atoms with E-state index in [1.807, 2.05) is 0 Å². The first-order chi connectivity index (χ1) is 48.1. The summed E-state index contributed by atoms with van der Waals surface area (Å²) < 4.78 is 68.7. The number of carbonyl (C=O) groups excluding carboxylic acids is 4. The van der Waals surface area contributed by atoms with Gasteiger partial charge >= 0.3 is 39.5 Å². The Morgan fingerprint density at radius 2 is 0.420 bits per heavy atom. The number of phosphoric ester groups is 2. The molecule has 17 nitrogen and oxygen atoms in total. The Labute approximate surface area is 613 Å². The summed E-state index contributed by atoms with van der Waals surface area (Å²) in [5, 5.41) is 10.6. The molecule has 100 heavy (non-hydrogen) atoms. The van der Waals surface area contributed by atoms with Crippen LogP contribution in [-0.4, -0.2) is 96.7 Å². The van der Waals surface area contributed by atoms with Crippen molar-refractivity contribution in [1.29, 1.82) is 0 Å². The lowest BCUT2D eigenvalue weighted by Crippen LogP contribution is -2.30. The third kappa shape index (κ3) is 74.3. The van der Waals surface area contributed by atoms with Gasteiger partial charge in [-0.2, -0.15) is 0 Å². The number of aliphatic hydroxyl groups excluding tert-OH is 1. The van der Waals surface area contributed by atoms with Crippen LogP contribution in [0.1, 0.15) is 415 Å². The van der Waals surface area contributed by atoms with Crippen LogP contribution in [0.3, 0.4) is 0 Å². The number of ether oxygens (including phenoxy) is 4. The zero-order valence-electron chi connectivity index (χ0n) is 65.8. The van der Waals surface area contributed by atoms with E-state index in [-0.39, 0.29) is 25.7 Å². The summed E-state index contributed by atoms with van der Waals surface area (Å²) in [6.07, 6.45) is 57.0. The largest absolute Gasteiger partial charge is 0.472 e. The van der Waals surface area contributed by atoms with Crippen molar-refractivity contribution < 1.29 is 80.2 Å². The van der Waals surface area contributed by atoms with Crippen molar-refractivity contribution in [1.82, 2.24) is 0 Å². The molecule has 19 heteroatoms. The molecule has 0 heterocycles. The molecule has 0 radical (unpaired) electrons. The molecule has 0 fully saturated rings. The second-order valence-corrected chi connectivity index (χ2v) is 34.0. The van der Waals surface area contributed by atoms with E-state index in [0.29, 0.717) is 31.6 Å². The molecule has 0 amide bonds. The Morgan fingerprint density at radius 3 is 0.620 bits per heavy atom. The highest BCUT2D eigenvalue weighted by Crippen LogP contribution is 2.45. The summed E-state index contributed by atoms with van der Waals surface area (Å²) in [6.45, 7) is 14.2. The molecule has 594 valence electrons. The zero-order chi connectivity index (χ0) is 73.8. The van der Waals surface area contributed by atoms with Crippen LogP contribution < -0.4 is 0 Å². The van der Waals surface area contributed by atoms with Gasteiger partial charge in [-0.3, -0.25) is 37.3 Å². The molecule has 0 aliphatic carbocycles. The average Bonchev–Trinajstić information content (AvgIpc) is 0.986. The van der Waals surface area contributed by atoms with Crippen LogP contribution in [0.15, 0.2) is 0 Å². The van der Waals surface area contributed by atoms with E-state index >= 15 is 0 Å². The maximum Gasteiger partial charge on any atom is 0.472 e. The standard InChI is InChI=1S/C81H158O17P2/c1-71(2)57-49-41-33-27-21-15-10-9-11-19-25-31-37-47-55-63-80(85)97-76(67-91-78(83)61-53-45-36-30-24-18-13-12-16-22-28-34-42-50-58-72(3)4)69-95-99(87,88)93-65-75(82)66-94-100(89,90)96-70-77(68-92-79(84)62-54-46-40-39-44-52-60-74(7)8)98-81(86)64-56-48-38-32-26-20-14-17-23-29-35-43-51-59-73(5)6/h71-77,82H,9-70H2,1-8H3,(H,87,88)(H,89,90)/t75-,76-,77-/m1/s1. The normalized spacial score (nSPS) is 14.0. The van der Waals surface area contributed by atoms with Crippen molar-refractivity contribution >= 4 is 39.5 Å². The Hall–Kier alpha value is -1.94. The van der Waals surface area contributed by atoms with E-state index in [0.717, 1.165) is 114 Å². The second-order valence-electron chi connectivity index (χ2n) is 31.1. The number of aliphatic hydroxyl groups is 1. The van der Waals surface area contributed by atoms with Gasteiger partial charge in [0, 0.05) is 25.7 Å². The number of hydrogen-bond donors (Lipinski definition) is 3. The topological polar surface area (TPSA) is 237 Å². The van der Waals surface area contributed by atoms with Crippen molar-refractivity contribution in [3.63, 3.8) is 0 Å². The van der Waals surface area contributed by atoms with Crippen LogP contribution in [0.5, 0.6) is 0 Å². The van der Waals surface area contributed by atoms with Gasteiger partial charge in [0.2, 0.25) is 0 Å². The maximum atomic E-state index is 13.1. The second kappa shape index (κ2) is 70.1. The molecule has 0 aromatic rings. The van der Waals surface area contributed by atoms with Crippen LogP contribution >= 0.6 is 15.6 Å². The van der Waals surface area contributed by atoms with Gasteiger partial charge in [-0.25, -0.2) is 9.13 Å². The smallest absolute Gasteiger partial charge is 0.462 e. The van der Waals surface area contributed by atoms with E-state index in [1.54, 1.807) is 0 Å². The molecular weight excluding hydrogens is 1310 g/mol. The number of rotatable bonds is 78. The summed E-state index contributed by atoms with van der Waals surface area (Å²) in [7, 11) is -9.92. The molecule has 0 saturated heterocycles. The first-order valence-electron chi connectivity index (χ1n) is 41.7. The summed E-state index contributed by atoms with van der Waals surface area (Å²) >= 11 is 0. The molecular formula is C81H158O17P2. The van der Waals surface area contributed by atoms with E-state index < -0.39 is 97.5 Å². The lowest BCUT2D eigenvalue weighted by atomic mass is 10.0. The highest BCUT2D eigenvalue weighted by Gasteiger charge is 2.30. The average molecular weight is 1470 g/mol. The van der Waals surface area contributed by atoms with Gasteiger partial charge in [-0.05, 0) is 49.4 Å². The highest BCUT2D eigenvalue weighted by molar-refractivity contribution is 7.47. The molecule has 2 unspecified atom stereocenters. The van der Waals surface area contributed by atoms with Crippen LogP contribution in [0.25, 0.3) is 0 Å². The quantitative estimate of drug-likeness (QED) is 0.0222. The van der Waals surface area contributed by atoms with Crippen molar-refractivity contribution in [2.75, 3.05) is 39.6 Å². The molecule has 0 bridgehead atoms. The fourth-order valence-electron chi connectivity index (χ4n) is 12.4. The molecule has 0 rings (SSSR count). The first kappa shape index (κ1) is 98.1. The maximum absolute atomic E-state index is 13.1. The number of phosphoric acid groups is 2. The van der Waals surface area contributed by atoms with Gasteiger partial charge in [0.05, 0.1) is 26.4 Å². The molecule has 0 saturated carbocycles. The number of hydrogen-bond acceptors (Lipinski definition) is 15. The van der Waals surface area contributed by atoms with Crippen LogP contribution in [0.2, 0.25) is 0 Å². The molecule has 0 aliphatic heterocycles. The van der Waals surface area contributed by atoms with Crippen molar-refractivity contribution in [3.05, 3.63) is 0 Å². The summed E-state index contributed by atoms with van der Waals surface area (Å²) in [6, 6.07) is 0. The highest BCUT2D eigenvalue weighted by atomic mass is 31.2. The van der Waals surface area contributed by atoms with Gasteiger partial charge in [-0.1, -0.05) is 364 Å². The fourth-order valence-corrected chi connectivity index (χ4v) is 14.0. The third-order valence-electron chi connectivity index (χ3n) is 18.8. The monoisotopic (exact) mass is 1470 g/mol. The van der Waals surface area contributed by atoms with Crippen molar-refractivity contribution in [2.24, 2.45) is 23.7 Å². The molecule has 3 N–H and O–H groups in total. The minimum atomic E-state index is -4.96. The van der Waals surface area contributed by atoms with Gasteiger partial charge in [-0.15, -0.1) is 0 Å². The Morgan fingerprint density at radius 1 is 0.250 bits per heavy atom. The molecule has 0 aromatic heterocycles. The van der Waals surface area contributed by atoms with Crippen molar-refractivity contribution in [2.45, 2.75) is 433 Å². The van der Waals surface area contributed by atoms with Gasteiger partial charge in [0.25, 0.3) is 0 Å². The third-order valence-corrected chi connectivity index (χ3v) is 20.7. The lowest BCUT2D eigenvalue weighted by Gasteiger charge is -2.21. The molecule has 5 atom stereocenters. The van der Waals surface area contributed by atoms with E-state index in [1.165, 1.54) is 212 Å². The zero-order valence-corrected chi connectivity index (χ0v) is 67.6. The van der Waals surface area contributed by atoms with Crippen LogP contribution in [0, 0.1) is 23.7 Å². The lowest BCUT2D eigenvalue weighted by molar-refractivity contribution is -0.161. The number of carbonyl (C=O) groups is 4. The SMILES string of the molecule is CC(C)CCCCCCCCCCCCCCCCCC(=O)O[C@H](COC(=O)CCCCCCCCCCCCCCCCC(C)C)COP(=O)(O)OC[C@@H](O)COP(=O)(O)OC[C@@H](COC(=O)CCCCCCCCC(C)C)OC(=O)CCCCCCCCCCCCCCCC(C)C. The first-order valence-corrected chi connectivity index (χ1v) is 44.7. The minimum Gasteiger partial charge on any atom is -0.462 e. The minimum absolute atomic E-state index is 0.106. The van der Waals surface area contributed by atoms with E-state index in [9.17, 15) is 43.2 Å².